The number of carbonyl (C=O) groups excluding carboxylic acids is 1. The van der Waals surface area contributed by atoms with Crippen molar-refractivity contribution in [3.63, 3.8) is 0 Å². The van der Waals surface area contributed by atoms with Gasteiger partial charge in [-0.05, 0) is 19.3 Å². The van der Waals surface area contributed by atoms with E-state index in [9.17, 15) is 4.79 Å². The molecule has 2 aliphatic rings. The molecule has 1 saturated heterocycles. The van der Waals surface area contributed by atoms with Crippen LogP contribution >= 0.6 is 0 Å². The van der Waals surface area contributed by atoms with E-state index in [4.69, 9.17) is 9.26 Å². The summed E-state index contributed by atoms with van der Waals surface area (Å²) < 4.78 is 10.8. The summed E-state index contributed by atoms with van der Waals surface area (Å²) in [4.78, 5) is 19.0. The van der Waals surface area contributed by atoms with E-state index >= 15 is 0 Å². The molecule has 1 aromatic heterocycles. The van der Waals surface area contributed by atoms with Crippen molar-refractivity contribution < 1.29 is 14.1 Å². The summed E-state index contributed by atoms with van der Waals surface area (Å²) in [5.41, 5.74) is -0.160. The van der Waals surface area contributed by atoms with Crippen molar-refractivity contribution in [1.82, 2.24) is 15.0 Å². The second-order valence-electron chi connectivity index (χ2n) is 7.44. The lowest BCUT2D eigenvalue weighted by molar-refractivity contribution is -0.158. The van der Waals surface area contributed by atoms with Crippen molar-refractivity contribution in [2.24, 2.45) is 0 Å². The highest BCUT2D eigenvalue weighted by atomic mass is 16.5. The molecule has 122 valence electrons. The molecule has 6 nitrogen and oxygen atoms in total. The standard InChI is InChI=1S/C16H25N3O3/c1-15(2,3)14-17-12(22-18-14)5-6-13(20)19-9-10-21-11-16(19)7-4-8-16/h4-11H2,1-3H3. The van der Waals surface area contributed by atoms with E-state index in [-0.39, 0.29) is 16.9 Å². The normalized spacial score (nSPS) is 21.0. The molecule has 0 radical (unpaired) electrons. The Labute approximate surface area is 131 Å². The molecule has 1 aliphatic carbocycles. The average Bonchev–Trinajstić information content (AvgIpc) is 2.92. The molecular weight excluding hydrogens is 282 g/mol. The first kappa shape index (κ1) is 15.5. The van der Waals surface area contributed by atoms with Gasteiger partial charge in [-0.2, -0.15) is 4.98 Å². The van der Waals surface area contributed by atoms with Crippen LogP contribution in [-0.2, 0) is 21.4 Å². The lowest BCUT2D eigenvalue weighted by Crippen LogP contribution is -2.62. The van der Waals surface area contributed by atoms with Crippen molar-refractivity contribution in [2.75, 3.05) is 19.8 Å². The molecule has 3 rings (SSSR count). The summed E-state index contributed by atoms with van der Waals surface area (Å²) in [7, 11) is 0. The molecule has 22 heavy (non-hydrogen) atoms. The van der Waals surface area contributed by atoms with Gasteiger partial charge in [-0.25, -0.2) is 0 Å². The van der Waals surface area contributed by atoms with Crippen molar-refractivity contribution >= 4 is 5.91 Å². The molecule has 6 heteroatoms. The Morgan fingerprint density at radius 1 is 1.36 bits per heavy atom. The van der Waals surface area contributed by atoms with Crippen LogP contribution in [0.1, 0.15) is 58.2 Å². The summed E-state index contributed by atoms with van der Waals surface area (Å²) in [5, 5.41) is 4.00. The molecule has 0 aromatic carbocycles. The van der Waals surface area contributed by atoms with Gasteiger partial charge in [0.2, 0.25) is 11.8 Å². The van der Waals surface area contributed by atoms with Gasteiger partial charge in [0, 0.05) is 24.8 Å². The molecule has 0 atom stereocenters. The van der Waals surface area contributed by atoms with Crippen LogP contribution in [0.15, 0.2) is 4.52 Å². The lowest BCUT2D eigenvalue weighted by atomic mass is 9.75. The monoisotopic (exact) mass is 307 g/mol. The highest BCUT2D eigenvalue weighted by molar-refractivity contribution is 5.77. The predicted molar refractivity (Wildman–Crippen MR) is 80.4 cm³/mol. The first-order valence-electron chi connectivity index (χ1n) is 8.12. The number of ether oxygens (including phenoxy) is 1. The van der Waals surface area contributed by atoms with Crippen LogP contribution in [0.5, 0.6) is 0 Å². The maximum Gasteiger partial charge on any atom is 0.227 e. The fourth-order valence-electron chi connectivity index (χ4n) is 3.13. The molecule has 1 spiro atoms. The van der Waals surface area contributed by atoms with Crippen molar-refractivity contribution in [1.29, 1.82) is 0 Å². The Balaban J connectivity index is 1.59. The third-order valence-corrected chi connectivity index (χ3v) is 4.68. The van der Waals surface area contributed by atoms with E-state index < -0.39 is 0 Å². The van der Waals surface area contributed by atoms with E-state index in [1.54, 1.807) is 0 Å². The van der Waals surface area contributed by atoms with E-state index in [1.807, 2.05) is 25.7 Å². The summed E-state index contributed by atoms with van der Waals surface area (Å²) in [6.45, 7) is 8.16. The molecule has 1 amide bonds. The van der Waals surface area contributed by atoms with Crippen LogP contribution in [0.4, 0.5) is 0 Å². The van der Waals surface area contributed by atoms with E-state index in [0.717, 1.165) is 12.8 Å². The molecule has 0 unspecified atom stereocenters. The fourth-order valence-corrected chi connectivity index (χ4v) is 3.13. The number of morpholine rings is 1. The molecule has 2 fully saturated rings. The van der Waals surface area contributed by atoms with Gasteiger partial charge in [-0.15, -0.1) is 0 Å². The SMILES string of the molecule is CC(C)(C)c1noc(CCC(=O)N2CCOCC23CCC3)n1. The molecule has 1 aromatic rings. The Kier molecular flexibility index (Phi) is 3.97. The van der Waals surface area contributed by atoms with Gasteiger partial charge in [-0.3, -0.25) is 4.79 Å². The van der Waals surface area contributed by atoms with Gasteiger partial charge in [0.1, 0.15) is 0 Å². The van der Waals surface area contributed by atoms with Gasteiger partial charge in [-0.1, -0.05) is 25.9 Å². The summed E-state index contributed by atoms with van der Waals surface area (Å²) >= 11 is 0. The van der Waals surface area contributed by atoms with Crippen molar-refractivity contribution in [3.8, 4) is 0 Å². The molecule has 2 heterocycles. The topological polar surface area (TPSA) is 68.5 Å². The molecule has 0 bridgehead atoms. The van der Waals surface area contributed by atoms with Crippen LogP contribution in [0.3, 0.4) is 0 Å². The van der Waals surface area contributed by atoms with E-state index in [2.05, 4.69) is 10.1 Å². The number of aryl methyl sites for hydroxylation is 1. The number of hydrogen-bond acceptors (Lipinski definition) is 5. The van der Waals surface area contributed by atoms with Gasteiger partial charge in [0.25, 0.3) is 0 Å². The van der Waals surface area contributed by atoms with E-state index in [1.165, 1.54) is 6.42 Å². The zero-order valence-corrected chi connectivity index (χ0v) is 13.7. The van der Waals surface area contributed by atoms with Crippen LogP contribution in [0.25, 0.3) is 0 Å². The van der Waals surface area contributed by atoms with E-state index in [0.29, 0.717) is 44.3 Å². The Morgan fingerprint density at radius 2 is 2.14 bits per heavy atom. The van der Waals surface area contributed by atoms with Gasteiger partial charge < -0.3 is 14.2 Å². The summed E-state index contributed by atoms with van der Waals surface area (Å²) in [6.07, 6.45) is 4.25. The Bertz CT molecular complexity index is 543. The number of rotatable bonds is 3. The van der Waals surface area contributed by atoms with Crippen molar-refractivity contribution in [3.05, 3.63) is 11.7 Å². The largest absolute Gasteiger partial charge is 0.377 e. The summed E-state index contributed by atoms with van der Waals surface area (Å²) in [5.74, 6) is 1.42. The molecular formula is C16H25N3O3. The fraction of sp³-hybridized carbons (Fsp3) is 0.812. The first-order valence-corrected chi connectivity index (χ1v) is 8.12. The first-order chi connectivity index (χ1) is 10.4. The molecule has 0 N–H and O–H groups in total. The average molecular weight is 307 g/mol. The number of aromatic nitrogens is 2. The molecule has 1 aliphatic heterocycles. The quantitative estimate of drug-likeness (QED) is 0.855. The maximum atomic E-state index is 12.6. The predicted octanol–water partition coefficient (Wildman–Crippen LogP) is 2.08. The van der Waals surface area contributed by atoms with Gasteiger partial charge in [0.15, 0.2) is 5.82 Å². The lowest BCUT2D eigenvalue weighted by Gasteiger charge is -2.52. The zero-order valence-electron chi connectivity index (χ0n) is 13.7. The minimum absolute atomic E-state index is 0.0270. The smallest absolute Gasteiger partial charge is 0.227 e. The third-order valence-electron chi connectivity index (χ3n) is 4.68. The molecule has 1 saturated carbocycles. The highest BCUT2D eigenvalue weighted by Crippen LogP contribution is 2.40. The Hall–Kier alpha value is -1.43. The summed E-state index contributed by atoms with van der Waals surface area (Å²) in [6, 6.07) is 0. The van der Waals surface area contributed by atoms with Crippen molar-refractivity contribution in [2.45, 2.75) is 63.8 Å². The second kappa shape index (κ2) is 5.65. The number of amides is 1. The maximum absolute atomic E-state index is 12.6. The Morgan fingerprint density at radius 3 is 2.73 bits per heavy atom. The number of carbonyl (C=O) groups is 1. The zero-order chi connectivity index (χ0) is 15.8. The second-order valence-corrected chi connectivity index (χ2v) is 7.44. The minimum Gasteiger partial charge on any atom is -0.377 e. The van der Waals surface area contributed by atoms with Gasteiger partial charge >= 0.3 is 0 Å². The van der Waals surface area contributed by atoms with Gasteiger partial charge in [0.05, 0.1) is 18.8 Å². The van der Waals surface area contributed by atoms with Crippen LogP contribution in [0, 0.1) is 0 Å². The van der Waals surface area contributed by atoms with Crippen LogP contribution in [-0.4, -0.2) is 46.2 Å². The van der Waals surface area contributed by atoms with Crippen LogP contribution < -0.4 is 0 Å². The number of hydrogen-bond donors (Lipinski definition) is 0. The van der Waals surface area contributed by atoms with Crippen LogP contribution in [0.2, 0.25) is 0 Å². The minimum atomic E-state index is -0.133. The highest BCUT2D eigenvalue weighted by Gasteiger charge is 2.46. The number of nitrogens with zero attached hydrogens (tertiary/aromatic N) is 3. The third kappa shape index (κ3) is 2.89.